The molecule has 3 rings (SSSR count). The van der Waals surface area contributed by atoms with Crippen molar-refractivity contribution in [1.29, 1.82) is 0 Å². The highest BCUT2D eigenvalue weighted by atomic mass is 16.5. The quantitative estimate of drug-likeness (QED) is 0.897. The zero-order valence-electron chi connectivity index (χ0n) is 14.5. The summed E-state index contributed by atoms with van der Waals surface area (Å²) in [6.45, 7) is 3.29. The second-order valence-corrected chi connectivity index (χ2v) is 6.80. The van der Waals surface area contributed by atoms with E-state index in [-0.39, 0.29) is 23.7 Å². The molecule has 5 heteroatoms. The Kier molecular flexibility index (Phi) is 5.11. The number of aliphatic hydroxyl groups excluding tert-OH is 1. The maximum Gasteiger partial charge on any atom is 0.227 e. The van der Waals surface area contributed by atoms with Gasteiger partial charge in [0, 0.05) is 13.7 Å². The molecule has 1 amide bonds. The van der Waals surface area contributed by atoms with Gasteiger partial charge in [-0.1, -0.05) is 12.1 Å². The molecule has 0 spiro atoms. The lowest BCUT2D eigenvalue weighted by molar-refractivity contribution is -0.139. The first-order valence-corrected chi connectivity index (χ1v) is 8.82. The number of methoxy groups -OCH3 is 1. The Hall–Kier alpha value is -1.59. The number of rotatable bonds is 5. The molecule has 5 nitrogen and oxygen atoms in total. The zero-order valence-corrected chi connectivity index (χ0v) is 14.5. The first kappa shape index (κ1) is 17.2. The molecule has 1 aliphatic heterocycles. The molecule has 1 N–H and O–H groups in total. The number of benzene rings is 1. The molecule has 3 atom stereocenters. The van der Waals surface area contributed by atoms with Gasteiger partial charge in [0.05, 0.1) is 30.8 Å². The van der Waals surface area contributed by atoms with Gasteiger partial charge in [-0.3, -0.25) is 4.79 Å². The van der Waals surface area contributed by atoms with Crippen molar-refractivity contribution >= 4 is 5.91 Å². The number of likely N-dealkylation sites (tertiary alicyclic amines) is 1. The molecule has 1 saturated heterocycles. The number of hydrogen-bond acceptors (Lipinski definition) is 4. The van der Waals surface area contributed by atoms with Gasteiger partial charge < -0.3 is 19.5 Å². The number of aliphatic hydroxyl groups is 1. The number of nitrogens with zero attached hydrogens (tertiary/aromatic N) is 1. The van der Waals surface area contributed by atoms with Gasteiger partial charge in [0.25, 0.3) is 0 Å². The van der Waals surface area contributed by atoms with Gasteiger partial charge in [-0.25, -0.2) is 0 Å². The normalized spacial score (nSPS) is 29.4. The molecule has 24 heavy (non-hydrogen) atoms. The number of carbonyl (C=O) groups excluding carboxylic acids is 1. The fourth-order valence-electron chi connectivity index (χ4n) is 4.12. The average Bonchev–Trinajstić information content (AvgIpc) is 2.96. The average molecular weight is 333 g/mol. The third-order valence-corrected chi connectivity index (χ3v) is 5.47. The van der Waals surface area contributed by atoms with Crippen LogP contribution in [0.2, 0.25) is 0 Å². The predicted octanol–water partition coefficient (Wildman–Crippen LogP) is 2.16. The van der Waals surface area contributed by atoms with E-state index in [0.29, 0.717) is 26.0 Å². The summed E-state index contributed by atoms with van der Waals surface area (Å²) in [7, 11) is 1.73. The monoisotopic (exact) mass is 333 g/mol. The standard InChI is InChI=1S/C19H27NO4/c1-3-24-16-6-4-14(5-7-16)12-18(22)20-11-10-19(23-2)9-8-15(21)13-17(19)20/h4-7,15,17,21H,3,8-13H2,1-2H3/t15-,17+,19-/m1/s1. The van der Waals surface area contributed by atoms with E-state index in [4.69, 9.17) is 9.47 Å². The van der Waals surface area contributed by atoms with E-state index in [9.17, 15) is 9.90 Å². The Balaban J connectivity index is 1.68. The first-order valence-electron chi connectivity index (χ1n) is 8.82. The van der Waals surface area contributed by atoms with Crippen molar-refractivity contribution in [1.82, 2.24) is 4.90 Å². The van der Waals surface area contributed by atoms with Crippen LogP contribution in [0.25, 0.3) is 0 Å². The molecule has 0 radical (unpaired) electrons. The molecule has 132 valence electrons. The van der Waals surface area contributed by atoms with Crippen LogP contribution in [-0.4, -0.2) is 53.9 Å². The minimum absolute atomic E-state index is 0.0125. The van der Waals surface area contributed by atoms with Crippen LogP contribution in [-0.2, 0) is 16.0 Å². The molecular weight excluding hydrogens is 306 g/mol. The van der Waals surface area contributed by atoms with Crippen molar-refractivity contribution in [2.75, 3.05) is 20.3 Å². The summed E-state index contributed by atoms with van der Waals surface area (Å²) in [6.07, 6.45) is 3.09. The third kappa shape index (κ3) is 3.28. The van der Waals surface area contributed by atoms with E-state index in [1.165, 1.54) is 0 Å². The summed E-state index contributed by atoms with van der Waals surface area (Å²) in [5, 5.41) is 10.0. The highest BCUT2D eigenvalue weighted by molar-refractivity contribution is 5.79. The van der Waals surface area contributed by atoms with E-state index in [0.717, 1.165) is 30.6 Å². The van der Waals surface area contributed by atoms with Crippen LogP contribution in [0.15, 0.2) is 24.3 Å². The zero-order chi connectivity index (χ0) is 17.2. The Bertz CT molecular complexity index is 573. The molecule has 0 aromatic heterocycles. The maximum atomic E-state index is 12.8. The summed E-state index contributed by atoms with van der Waals surface area (Å²) >= 11 is 0. The van der Waals surface area contributed by atoms with E-state index in [1.54, 1.807) is 7.11 Å². The minimum atomic E-state index is -0.336. The topological polar surface area (TPSA) is 59.0 Å². The second-order valence-electron chi connectivity index (χ2n) is 6.80. The molecule has 1 aromatic carbocycles. The van der Waals surface area contributed by atoms with Gasteiger partial charge >= 0.3 is 0 Å². The van der Waals surface area contributed by atoms with Gasteiger partial charge in [0.2, 0.25) is 5.91 Å². The summed E-state index contributed by atoms with van der Waals surface area (Å²) in [6, 6.07) is 7.68. The number of fused-ring (bicyclic) bond motifs is 1. The molecular formula is C19H27NO4. The van der Waals surface area contributed by atoms with Crippen LogP contribution < -0.4 is 4.74 Å². The molecule has 1 saturated carbocycles. The first-order chi connectivity index (χ1) is 11.6. The van der Waals surface area contributed by atoms with Crippen LogP contribution in [0, 0.1) is 0 Å². The Morgan fingerprint density at radius 1 is 1.33 bits per heavy atom. The smallest absolute Gasteiger partial charge is 0.227 e. The number of hydrogen-bond donors (Lipinski definition) is 1. The van der Waals surface area contributed by atoms with Crippen molar-refractivity contribution in [2.45, 2.75) is 56.8 Å². The van der Waals surface area contributed by atoms with Gasteiger partial charge in [-0.15, -0.1) is 0 Å². The van der Waals surface area contributed by atoms with Crippen LogP contribution in [0.4, 0.5) is 0 Å². The third-order valence-electron chi connectivity index (χ3n) is 5.47. The van der Waals surface area contributed by atoms with Crippen LogP contribution in [0.3, 0.4) is 0 Å². The van der Waals surface area contributed by atoms with Crippen molar-refractivity contribution < 1.29 is 19.4 Å². The second kappa shape index (κ2) is 7.11. The van der Waals surface area contributed by atoms with E-state index >= 15 is 0 Å². The SMILES string of the molecule is CCOc1ccc(CC(=O)N2CC[C@]3(OC)CC[C@@H](O)C[C@H]23)cc1. The summed E-state index contributed by atoms with van der Waals surface area (Å²) < 4.78 is 11.2. The van der Waals surface area contributed by atoms with Crippen molar-refractivity contribution in [3.8, 4) is 5.75 Å². The lowest BCUT2D eigenvalue weighted by Gasteiger charge is -2.42. The van der Waals surface area contributed by atoms with Crippen molar-refractivity contribution in [3.63, 3.8) is 0 Å². The lowest BCUT2D eigenvalue weighted by Crippen LogP contribution is -2.53. The van der Waals surface area contributed by atoms with Gasteiger partial charge in [0.1, 0.15) is 5.75 Å². The largest absolute Gasteiger partial charge is 0.494 e. The predicted molar refractivity (Wildman–Crippen MR) is 91.0 cm³/mol. The summed E-state index contributed by atoms with van der Waals surface area (Å²) in [5.74, 6) is 0.931. The summed E-state index contributed by atoms with van der Waals surface area (Å²) in [5.41, 5.74) is 0.711. The number of carbonyl (C=O) groups is 1. The Morgan fingerprint density at radius 2 is 2.08 bits per heavy atom. The van der Waals surface area contributed by atoms with Crippen molar-refractivity contribution in [2.24, 2.45) is 0 Å². The fraction of sp³-hybridized carbons (Fsp3) is 0.632. The highest BCUT2D eigenvalue weighted by Crippen LogP contribution is 2.42. The van der Waals surface area contributed by atoms with Crippen LogP contribution in [0.5, 0.6) is 5.75 Å². The Morgan fingerprint density at radius 3 is 2.75 bits per heavy atom. The van der Waals surface area contributed by atoms with Crippen LogP contribution in [0.1, 0.15) is 38.2 Å². The molecule has 1 aliphatic carbocycles. The maximum absolute atomic E-state index is 12.8. The van der Waals surface area contributed by atoms with Crippen molar-refractivity contribution in [3.05, 3.63) is 29.8 Å². The highest BCUT2D eigenvalue weighted by Gasteiger charge is 2.52. The van der Waals surface area contributed by atoms with Gasteiger partial charge in [-0.2, -0.15) is 0 Å². The van der Waals surface area contributed by atoms with E-state index in [2.05, 4.69) is 0 Å². The molecule has 0 bridgehead atoms. The van der Waals surface area contributed by atoms with E-state index in [1.807, 2.05) is 36.1 Å². The van der Waals surface area contributed by atoms with Gasteiger partial charge in [0.15, 0.2) is 0 Å². The number of amides is 1. The molecule has 0 unspecified atom stereocenters. The lowest BCUT2D eigenvalue weighted by atomic mass is 9.79. The Labute approximate surface area is 143 Å². The van der Waals surface area contributed by atoms with Crippen LogP contribution >= 0.6 is 0 Å². The number of ether oxygens (including phenoxy) is 2. The fourth-order valence-corrected chi connectivity index (χ4v) is 4.12. The molecule has 2 fully saturated rings. The molecule has 2 aliphatic rings. The summed E-state index contributed by atoms with van der Waals surface area (Å²) in [4.78, 5) is 14.7. The minimum Gasteiger partial charge on any atom is -0.494 e. The van der Waals surface area contributed by atoms with E-state index < -0.39 is 0 Å². The van der Waals surface area contributed by atoms with Gasteiger partial charge in [-0.05, 0) is 50.3 Å². The molecule has 1 heterocycles. The molecule has 1 aromatic rings.